The molecule has 3 rings (SSSR count). The van der Waals surface area contributed by atoms with Crippen molar-refractivity contribution in [3.63, 3.8) is 0 Å². The highest BCUT2D eigenvalue weighted by molar-refractivity contribution is 5.56. The average molecular weight is 273 g/mol. The fourth-order valence-corrected chi connectivity index (χ4v) is 3.50. The van der Waals surface area contributed by atoms with E-state index in [1.165, 1.54) is 44.2 Å². The summed E-state index contributed by atoms with van der Waals surface area (Å²) in [5.74, 6) is 3.04. The second-order valence-corrected chi connectivity index (χ2v) is 6.45. The Labute approximate surface area is 122 Å². The minimum Gasteiger partial charge on any atom is -0.491 e. The first-order valence-electron chi connectivity index (χ1n) is 8.35. The van der Waals surface area contributed by atoms with Crippen molar-refractivity contribution in [2.24, 2.45) is 11.8 Å². The molecule has 0 spiro atoms. The van der Waals surface area contributed by atoms with Gasteiger partial charge < -0.3 is 10.1 Å². The summed E-state index contributed by atoms with van der Waals surface area (Å²) in [7, 11) is 0. The molecule has 0 saturated heterocycles. The summed E-state index contributed by atoms with van der Waals surface area (Å²) >= 11 is 0. The minimum absolute atomic E-state index is 0.640. The number of hydrogen-bond acceptors (Lipinski definition) is 2. The van der Waals surface area contributed by atoms with Crippen molar-refractivity contribution >= 4 is 5.69 Å². The molecule has 20 heavy (non-hydrogen) atoms. The Kier molecular flexibility index (Phi) is 4.49. The number of para-hydroxylation sites is 2. The monoisotopic (exact) mass is 273 g/mol. The van der Waals surface area contributed by atoms with Gasteiger partial charge in [-0.15, -0.1) is 0 Å². The molecule has 0 aliphatic heterocycles. The second-order valence-electron chi connectivity index (χ2n) is 6.45. The molecule has 0 amide bonds. The van der Waals surface area contributed by atoms with Gasteiger partial charge in [0.2, 0.25) is 0 Å². The molecule has 1 aromatic carbocycles. The third kappa shape index (κ3) is 3.47. The van der Waals surface area contributed by atoms with Gasteiger partial charge in [0.15, 0.2) is 0 Å². The van der Waals surface area contributed by atoms with Gasteiger partial charge >= 0.3 is 0 Å². The van der Waals surface area contributed by atoms with E-state index in [0.29, 0.717) is 6.04 Å². The molecular formula is C18H27NO. The van der Waals surface area contributed by atoms with Crippen molar-refractivity contribution in [3.05, 3.63) is 24.3 Å². The number of benzene rings is 1. The van der Waals surface area contributed by atoms with Crippen LogP contribution in [0.4, 0.5) is 5.69 Å². The van der Waals surface area contributed by atoms with Gasteiger partial charge in [0, 0.05) is 6.04 Å². The van der Waals surface area contributed by atoms with Crippen molar-refractivity contribution in [1.29, 1.82) is 0 Å². The van der Waals surface area contributed by atoms with E-state index in [-0.39, 0.29) is 0 Å². The third-order valence-corrected chi connectivity index (χ3v) is 4.71. The fourth-order valence-electron chi connectivity index (χ4n) is 3.50. The molecule has 1 aromatic rings. The SMILES string of the molecule is CCCOc1ccccc1NC1CCCC(C2CC2)C1. The Balaban J connectivity index is 1.61. The zero-order valence-electron chi connectivity index (χ0n) is 12.6. The molecule has 2 saturated carbocycles. The van der Waals surface area contributed by atoms with Crippen LogP contribution in [0.2, 0.25) is 0 Å². The van der Waals surface area contributed by atoms with Crippen LogP contribution in [0.5, 0.6) is 5.75 Å². The Morgan fingerprint density at radius 1 is 1.10 bits per heavy atom. The molecule has 2 nitrogen and oxygen atoms in total. The maximum Gasteiger partial charge on any atom is 0.142 e. The van der Waals surface area contributed by atoms with E-state index in [4.69, 9.17) is 4.74 Å². The highest BCUT2D eigenvalue weighted by Crippen LogP contribution is 2.44. The van der Waals surface area contributed by atoms with Crippen LogP contribution in [0.1, 0.15) is 51.9 Å². The van der Waals surface area contributed by atoms with Crippen molar-refractivity contribution < 1.29 is 4.74 Å². The van der Waals surface area contributed by atoms with E-state index in [1.807, 2.05) is 0 Å². The summed E-state index contributed by atoms with van der Waals surface area (Å²) in [5, 5.41) is 3.75. The van der Waals surface area contributed by atoms with Crippen LogP contribution in [-0.2, 0) is 0 Å². The maximum atomic E-state index is 5.85. The van der Waals surface area contributed by atoms with E-state index in [0.717, 1.165) is 30.6 Å². The van der Waals surface area contributed by atoms with Gasteiger partial charge in [-0.25, -0.2) is 0 Å². The lowest BCUT2D eigenvalue weighted by Crippen LogP contribution is -2.28. The zero-order valence-corrected chi connectivity index (χ0v) is 12.6. The Morgan fingerprint density at radius 2 is 1.95 bits per heavy atom. The van der Waals surface area contributed by atoms with E-state index >= 15 is 0 Å². The lowest BCUT2D eigenvalue weighted by Gasteiger charge is -2.31. The summed E-state index contributed by atoms with van der Waals surface area (Å²) in [5.41, 5.74) is 1.18. The quantitative estimate of drug-likeness (QED) is 0.799. The van der Waals surface area contributed by atoms with Crippen molar-refractivity contribution in [2.75, 3.05) is 11.9 Å². The first kappa shape index (κ1) is 13.8. The van der Waals surface area contributed by atoms with E-state index in [9.17, 15) is 0 Å². The van der Waals surface area contributed by atoms with Gasteiger partial charge in [-0.05, 0) is 56.1 Å². The Bertz CT molecular complexity index is 427. The van der Waals surface area contributed by atoms with E-state index < -0.39 is 0 Å². The summed E-state index contributed by atoms with van der Waals surface area (Å²) in [6.07, 6.45) is 9.52. The van der Waals surface area contributed by atoms with Crippen LogP contribution in [-0.4, -0.2) is 12.6 Å². The average Bonchev–Trinajstić information content (AvgIpc) is 3.31. The van der Waals surface area contributed by atoms with Gasteiger partial charge in [0.1, 0.15) is 5.75 Å². The van der Waals surface area contributed by atoms with Gasteiger partial charge in [-0.2, -0.15) is 0 Å². The molecule has 2 unspecified atom stereocenters. The van der Waals surface area contributed by atoms with Gasteiger partial charge in [0.25, 0.3) is 0 Å². The van der Waals surface area contributed by atoms with Crippen molar-refractivity contribution in [3.8, 4) is 5.75 Å². The predicted octanol–water partition coefficient (Wildman–Crippen LogP) is 4.86. The van der Waals surface area contributed by atoms with E-state index in [1.54, 1.807) is 0 Å². The Morgan fingerprint density at radius 3 is 2.75 bits per heavy atom. The molecule has 2 heteroatoms. The van der Waals surface area contributed by atoms with Gasteiger partial charge in [-0.3, -0.25) is 0 Å². The molecule has 2 aliphatic carbocycles. The minimum atomic E-state index is 0.640. The summed E-state index contributed by atoms with van der Waals surface area (Å²) < 4.78 is 5.85. The molecule has 2 fully saturated rings. The number of anilines is 1. The van der Waals surface area contributed by atoms with Gasteiger partial charge in [0.05, 0.1) is 12.3 Å². The van der Waals surface area contributed by atoms with Crippen LogP contribution >= 0.6 is 0 Å². The van der Waals surface area contributed by atoms with Crippen molar-refractivity contribution in [1.82, 2.24) is 0 Å². The molecule has 0 heterocycles. The highest BCUT2D eigenvalue weighted by Gasteiger charge is 2.34. The van der Waals surface area contributed by atoms with Gasteiger partial charge in [-0.1, -0.05) is 31.9 Å². The number of ether oxygens (including phenoxy) is 1. The summed E-state index contributed by atoms with van der Waals surface area (Å²) in [4.78, 5) is 0. The first-order valence-corrected chi connectivity index (χ1v) is 8.35. The van der Waals surface area contributed by atoms with Crippen LogP contribution in [0.3, 0.4) is 0 Å². The largest absolute Gasteiger partial charge is 0.491 e. The highest BCUT2D eigenvalue weighted by atomic mass is 16.5. The molecule has 1 N–H and O–H groups in total. The fraction of sp³-hybridized carbons (Fsp3) is 0.667. The lowest BCUT2D eigenvalue weighted by molar-refractivity contribution is 0.299. The molecule has 2 atom stereocenters. The standard InChI is InChI=1S/C18H27NO/c1-2-12-20-18-9-4-3-8-17(18)19-16-7-5-6-15(13-16)14-10-11-14/h3-4,8-9,14-16,19H,2,5-7,10-13H2,1H3. The molecule has 0 radical (unpaired) electrons. The topological polar surface area (TPSA) is 21.3 Å². The summed E-state index contributed by atoms with van der Waals surface area (Å²) in [6, 6.07) is 9.04. The smallest absolute Gasteiger partial charge is 0.142 e. The van der Waals surface area contributed by atoms with Crippen LogP contribution in [0.25, 0.3) is 0 Å². The molecule has 110 valence electrons. The second kappa shape index (κ2) is 6.51. The number of rotatable bonds is 6. The molecule has 0 bridgehead atoms. The predicted molar refractivity (Wildman–Crippen MR) is 84.3 cm³/mol. The van der Waals surface area contributed by atoms with Crippen LogP contribution in [0.15, 0.2) is 24.3 Å². The molecule has 2 aliphatic rings. The molecular weight excluding hydrogens is 246 g/mol. The van der Waals surface area contributed by atoms with Crippen LogP contribution in [0, 0.1) is 11.8 Å². The number of hydrogen-bond donors (Lipinski definition) is 1. The lowest BCUT2D eigenvalue weighted by atomic mass is 9.82. The first-order chi connectivity index (χ1) is 9.86. The third-order valence-electron chi connectivity index (χ3n) is 4.71. The normalized spacial score (nSPS) is 26.2. The summed E-state index contributed by atoms with van der Waals surface area (Å²) in [6.45, 7) is 2.95. The maximum absolute atomic E-state index is 5.85. The van der Waals surface area contributed by atoms with Crippen LogP contribution < -0.4 is 10.1 Å². The Hall–Kier alpha value is -1.18. The van der Waals surface area contributed by atoms with E-state index in [2.05, 4.69) is 36.5 Å². The molecule has 0 aromatic heterocycles. The zero-order chi connectivity index (χ0) is 13.8. The van der Waals surface area contributed by atoms with Crippen molar-refractivity contribution in [2.45, 2.75) is 57.9 Å². The number of nitrogens with one attached hydrogen (secondary N) is 1.